The topological polar surface area (TPSA) is 120 Å². The van der Waals surface area contributed by atoms with Crippen molar-refractivity contribution in [3.8, 4) is 17.1 Å². The third kappa shape index (κ3) is 2.56. The van der Waals surface area contributed by atoms with Gasteiger partial charge in [0.15, 0.2) is 5.82 Å². The smallest absolute Gasteiger partial charge is 0.324 e. The highest BCUT2D eigenvalue weighted by atomic mass is 16.5. The first-order valence-corrected chi connectivity index (χ1v) is 10.1. The van der Waals surface area contributed by atoms with Crippen LogP contribution in [0.5, 0.6) is 5.75 Å². The Morgan fingerprint density at radius 1 is 1.16 bits per heavy atom. The van der Waals surface area contributed by atoms with Gasteiger partial charge in [0.1, 0.15) is 11.3 Å². The van der Waals surface area contributed by atoms with Gasteiger partial charge in [-0.1, -0.05) is 0 Å². The number of piperidine rings is 1. The van der Waals surface area contributed by atoms with Crippen molar-refractivity contribution >= 4 is 28.9 Å². The zero-order chi connectivity index (χ0) is 21.1. The normalized spacial score (nSPS) is 17.4. The molecule has 0 atom stereocenters. The van der Waals surface area contributed by atoms with Gasteiger partial charge in [-0.2, -0.15) is 0 Å². The van der Waals surface area contributed by atoms with Gasteiger partial charge in [-0.05, 0) is 30.3 Å². The maximum Gasteiger partial charge on any atom is 0.324 e. The minimum atomic E-state index is -0.525. The van der Waals surface area contributed by atoms with Crippen LogP contribution in [0.25, 0.3) is 11.4 Å². The van der Waals surface area contributed by atoms with Gasteiger partial charge >= 0.3 is 11.8 Å². The molecule has 0 aliphatic carbocycles. The van der Waals surface area contributed by atoms with E-state index in [9.17, 15) is 9.59 Å². The Labute approximate surface area is 176 Å². The van der Waals surface area contributed by atoms with E-state index in [0.29, 0.717) is 31.0 Å². The number of carbonyl (C=O) groups is 2. The number of hydrogen-bond donors (Lipinski definition) is 3. The largest absolute Gasteiger partial charge is 0.493 e. The van der Waals surface area contributed by atoms with E-state index in [1.54, 1.807) is 9.48 Å². The van der Waals surface area contributed by atoms with Crippen LogP contribution in [0.2, 0.25) is 0 Å². The fourth-order valence-electron chi connectivity index (χ4n) is 4.48. The minimum absolute atomic E-state index is 0.142. The molecule has 0 saturated carbocycles. The molecule has 0 spiro atoms. The van der Waals surface area contributed by atoms with Crippen LogP contribution >= 0.6 is 0 Å². The third-order valence-electron chi connectivity index (χ3n) is 6.01. The summed E-state index contributed by atoms with van der Waals surface area (Å²) in [5.74, 6) is 0.935. The first-order chi connectivity index (χ1) is 15.1. The van der Waals surface area contributed by atoms with E-state index < -0.39 is 5.91 Å². The van der Waals surface area contributed by atoms with Crippen LogP contribution in [-0.2, 0) is 16.0 Å². The van der Waals surface area contributed by atoms with Crippen molar-refractivity contribution in [3.63, 3.8) is 0 Å². The summed E-state index contributed by atoms with van der Waals surface area (Å²) in [4.78, 5) is 27.4. The van der Waals surface area contributed by atoms with Crippen molar-refractivity contribution in [1.29, 1.82) is 0 Å². The zero-order valence-corrected chi connectivity index (χ0v) is 16.5. The van der Waals surface area contributed by atoms with Crippen LogP contribution < -0.4 is 15.4 Å². The van der Waals surface area contributed by atoms with E-state index in [1.165, 1.54) is 0 Å². The molecule has 1 fully saturated rings. The molecule has 1 saturated heterocycles. The number of H-pyrrole nitrogens is 2. The molecule has 2 aromatic carbocycles. The molecule has 3 aliphatic rings. The van der Waals surface area contributed by atoms with Crippen LogP contribution in [0.4, 0.5) is 11.4 Å². The molecule has 9 nitrogen and oxygen atoms in total. The molecular formula is C22H19N6O3+. The number of ether oxygens (including phenoxy) is 1. The Kier molecular flexibility index (Phi) is 3.67. The second-order valence-corrected chi connectivity index (χ2v) is 7.72. The molecule has 2 amide bonds. The number of benzene rings is 2. The number of hydrogen-bond acceptors (Lipinski definition) is 4. The highest BCUT2D eigenvalue weighted by molar-refractivity contribution is 6.50. The Balaban J connectivity index is 1.38. The Bertz CT molecular complexity index is 1300. The number of nitrogens with two attached hydrogens (primary N) is 1. The molecular weight excluding hydrogens is 396 g/mol. The lowest BCUT2D eigenvalue weighted by molar-refractivity contribution is -0.392. The number of anilines is 1. The van der Waals surface area contributed by atoms with Gasteiger partial charge < -0.3 is 15.4 Å². The summed E-state index contributed by atoms with van der Waals surface area (Å²) in [7, 11) is 0. The van der Waals surface area contributed by atoms with Crippen molar-refractivity contribution < 1.29 is 18.9 Å². The highest BCUT2D eigenvalue weighted by Crippen LogP contribution is 2.38. The van der Waals surface area contributed by atoms with E-state index in [0.717, 1.165) is 46.1 Å². The van der Waals surface area contributed by atoms with Crippen LogP contribution in [0.3, 0.4) is 0 Å². The molecule has 6 rings (SSSR count). The van der Waals surface area contributed by atoms with Gasteiger partial charge in [-0.3, -0.25) is 14.7 Å². The first-order valence-electron chi connectivity index (χ1n) is 10.1. The summed E-state index contributed by atoms with van der Waals surface area (Å²) in [6.45, 7) is 1.13. The number of rotatable bonds is 4. The lowest BCUT2D eigenvalue weighted by Crippen LogP contribution is -2.52. The molecule has 3 aromatic rings. The first kappa shape index (κ1) is 17.7. The van der Waals surface area contributed by atoms with Crippen LogP contribution in [0.15, 0.2) is 53.7 Å². The number of amides is 2. The summed E-state index contributed by atoms with van der Waals surface area (Å²) >= 11 is 0. The molecule has 0 unspecified atom stereocenters. The van der Waals surface area contributed by atoms with E-state index in [1.807, 2.05) is 42.5 Å². The molecule has 1 aromatic heterocycles. The SMILES string of the molecule is NC(=O)C1=C2CCN(c3ccc(-c4n[nH][nH]4)cc3)C(=O)C2=[N+]1c1ccc2c(c1)CCO2. The monoisotopic (exact) mass is 415 g/mol. The van der Waals surface area contributed by atoms with Crippen LogP contribution in [0, 0.1) is 0 Å². The summed E-state index contributed by atoms with van der Waals surface area (Å²) in [5.41, 5.74) is 10.9. The van der Waals surface area contributed by atoms with Gasteiger partial charge in [0.2, 0.25) is 5.69 Å². The van der Waals surface area contributed by atoms with E-state index in [2.05, 4.69) is 15.4 Å². The molecule has 31 heavy (non-hydrogen) atoms. The minimum Gasteiger partial charge on any atom is -0.493 e. The van der Waals surface area contributed by atoms with E-state index in [-0.39, 0.29) is 5.91 Å². The number of fused-ring (bicyclic) bond motifs is 2. The number of nitrogens with one attached hydrogen (secondary N) is 2. The number of aromatic amines is 2. The highest BCUT2D eigenvalue weighted by Gasteiger charge is 2.51. The fourth-order valence-corrected chi connectivity index (χ4v) is 4.48. The van der Waals surface area contributed by atoms with Crippen molar-refractivity contribution in [2.45, 2.75) is 12.8 Å². The maximum atomic E-state index is 13.4. The summed E-state index contributed by atoms with van der Waals surface area (Å²) in [6, 6.07) is 13.3. The van der Waals surface area contributed by atoms with Crippen molar-refractivity contribution in [2.24, 2.45) is 5.73 Å². The lowest BCUT2D eigenvalue weighted by atomic mass is 9.90. The number of carbonyl (C=O) groups excluding carboxylic acids is 2. The van der Waals surface area contributed by atoms with Gasteiger partial charge in [-0.15, -0.1) is 9.67 Å². The molecule has 4 N–H and O–H groups in total. The summed E-state index contributed by atoms with van der Waals surface area (Å²) in [5, 5.41) is 9.55. The number of primary amides is 1. The zero-order valence-electron chi connectivity index (χ0n) is 16.5. The maximum absolute atomic E-state index is 13.4. The van der Waals surface area contributed by atoms with Gasteiger partial charge in [0, 0.05) is 48.3 Å². The predicted octanol–water partition coefficient (Wildman–Crippen LogP) is 1.61. The molecule has 154 valence electrons. The summed E-state index contributed by atoms with van der Waals surface area (Å²) in [6.07, 6.45) is 1.38. The fraction of sp³-hybridized carbons (Fsp3) is 0.182. The number of nitrogens with zero attached hydrogens (tertiary/aromatic N) is 3. The molecule has 9 heteroatoms. The van der Waals surface area contributed by atoms with E-state index in [4.69, 9.17) is 10.5 Å². The molecule has 3 aliphatic heterocycles. The summed E-state index contributed by atoms with van der Waals surface area (Å²) < 4.78 is 7.27. The Morgan fingerprint density at radius 2 is 1.97 bits per heavy atom. The van der Waals surface area contributed by atoms with Crippen molar-refractivity contribution in [2.75, 3.05) is 18.1 Å². The van der Waals surface area contributed by atoms with Gasteiger partial charge in [0.05, 0.1) is 6.61 Å². The molecule has 0 radical (unpaired) electrons. The number of aromatic nitrogens is 3. The Morgan fingerprint density at radius 3 is 2.68 bits per heavy atom. The third-order valence-corrected chi connectivity index (χ3v) is 6.01. The average molecular weight is 415 g/mol. The van der Waals surface area contributed by atoms with Crippen molar-refractivity contribution in [3.05, 3.63) is 59.3 Å². The Hall–Kier alpha value is -4.14. The lowest BCUT2D eigenvalue weighted by Gasteiger charge is -2.32. The molecule has 0 bridgehead atoms. The van der Waals surface area contributed by atoms with E-state index >= 15 is 0 Å². The van der Waals surface area contributed by atoms with Crippen LogP contribution in [-0.4, -0.2) is 50.7 Å². The quantitative estimate of drug-likeness (QED) is 0.561. The standard InChI is InChI=1S/C22H18N6O3/c23-20(29)18-16-7-9-27(14-3-1-12(2-4-14)21-24-26-25-21)22(30)19(16)28(18)15-5-6-17-13(11-15)8-10-31-17/h1-6,11H,7-10H2,(H3,23,29,30)/p+1. The van der Waals surface area contributed by atoms with Crippen molar-refractivity contribution in [1.82, 2.24) is 15.4 Å². The predicted molar refractivity (Wildman–Crippen MR) is 112 cm³/mol. The van der Waals surface area contributed by atoms with Gasteiger partial charge in [0.25, 0.3) is 11.4 Å². The second kappa shape index (κ2) is 6.43. The average Bonchev–Trinajstić information content (AvgIpc) is 3.16. The van der Waals surface area contributed by atoms with Crippen LogP contribution in [0.1, 0.15) is 12.0 Å². The molecule has 4 heterocycles. The second-order valence-electron chi connectivity index (χ2n) is 7.72. The van der Waals surface area contributed by atoms with Gasteiger partial charge in [-0.25, -0.2) is 5.21 Å².